The van der Waals surface area contributed by atoms with Crippen LogP contribution in [0, 0.1) is 6.92 Å². The molecule has 0 atom stereocenters. The minimum absolute atomic E-state index is 0.0692. The van der Waals surface area contributed by atoms with Crippen LogP contribution in [0.25, 0.3) is 0 Å². The van der Waals surface area contributed by atoms with Crippen LogP contribution in [-0.4, -0.2) is 24.7 Å². The Hall–Kier alpha value is -2.20. The molecule has 24 heavy (non-hydrogen) atoms. The van der Waals surface area contributed by atoms with Crippen molar-refractivity contribution in [3.05, 3.63) is 53.1 Å². The maximum absolute atomic E-state index is 12.7. The van der Waals surface area contributed by atoms with E-state index in [1.165, 1.54) is 0 Å². The van der Waals surface area contributed by atoms with E-state index in [4.69, 9.17) is 21.1 Å². The Morgan fingerprint density at radius 3 is 2.58 bits per heavy atom. The number of benzene rings is 2. The topological polar surface area (TPSA) is 38.8 Å². The third-order valence-electron chi connectivity index (χ3n) is 3.93. The predicted molar refractivity (Wildman–Crippen MR) is 95.2 cm³/mol. The van der Waals surface area contributed by atoms with Crippen LogP contribution in [0.4, 0.5) is 5.69 Å². The Morgan fingerprint density at radius 1 is 1.17 bits per heavy atom. The molecule has 0 N–H and O–H groups in total. The maximum atomic E-state index is 12.7. The largest absolute Gasteiger partial charge is 0.492 e. The average Bonchev–Trinajstić information content (AvgIpc) is 2.53. The van der Waals surface area contributed by atoms with E-state index >= 15 is 0 Å². The molecule has 126 valence electrons. The van der Waals surface area contributed by atoms with Crippen molar-refractivity contribution in [1.29, 1.82) is 0 Å². The number of aryl methyl sites for hydroxylation is 1. The first kappa shape index (κ1) is 16.7. The molecule has 0 spiro atoms. The molecule has 0 bridgehead atoms. The van der Waals surface area contributed by atoms with E-state index in [-0.39, 0.29) is 5.91 Å². The van der Waals surface area contributed by atoms with Gasteiger partial charge in [-0.05, 0) is 62.7 Å². The molecule has 0 aromatic heterocycles. The lowest BCUT2D eigenvalue weighted by molar-refractivity contribution is -0.132. The SMILES string of the molecule is Cc1ccc2c(c1)N(CCOc1ccc(Cl)cc1)C(=O)C(C)(C)O2. The van der Waals surface area contributed by atoms with Crippen LogP contribution < -0.4 is 14.4 Å². The van der Waals surface area contributed by atoms with Crippen molar-refractivity contribution < 1.29 is 14.3 Å². The number of carbonyl (C=O) groups excluding carboxylic acids is 1. The van der Waals surface area contributed by atoms with Crippen LogP contribution in [0.15, 0.2) is 42.5 Å². The molecule has 2 aromatic carbocycles. The summed E-state index contributed by atoms with van der Waals surface area (Å²) in [5, 5.41) is 0.664. The number of amides is 1. The number of nitrogens with zero attached hydrogens (tertiary/aromatic N) is 1. The fraction of sp³-hybridized carbons (Fsp3) is 0.316. The van der Waals surface area contributed by atoms with E-state index in [0.717, 1.165) is 22.7 Å². The van der Waals surface area contributed by atoms with Gasteiger partial charge in [-0.2, -0.15) is 0 Å². The van der Waals surface area contributed by atoms with Gasteiger partial charge in [0.05, 0.1) is 12.2 Å². The van der Waals surface area contributed by atoms with Crippen molar-refractivity contribution in [2.45, 2.75) is 26.4 Å². The van der Waals surface area contributed by atoms with E-state index in [1.54, 1.807) is 30.9 Å². The summed E-state index contributed by atoms with van der Waals surface area (Å²) in [4.78, 5) is 14.5. The molecular formula is C19H20ClNO3. The number of carbonyl (C=O) groups is 1. The minimum Gasteiger partial charge on any atom is -0.492 e. The highest BCUT2D eigenvalue weighted by molar-refractivity contribution is 6.30. The van der Waals surface area contributed by atoms with Crippen LogP contribution in [-0.2, 0) is 4.79 Å². The van der Waals surface area contributed by atoms with Gasteiger partial charge in [0, 0.05) is 5.02 Å². The number of anilines is 1. The summed E-state index contributed by atoms with van der Waals surface area (Å²) >= 11 is 5.87. The molecule has 5 heteroatoms. The lowest BCUT2D eigenvalue weighted by atomic mass is 10.0. The third kappa shape index (κ3) is 3.34. The molecule has 1 heterocycles. The number of fused-ring (bicyclic) bond motifs is 1. The summed E-state index contributed by atoms with van der Waals surface area (Å²) in [6, 6.07) is 13.0. The van der Waals surface area contributed by atoms with Crippen molar-refractivity contribution in [3.8, 4) is 11.5 Å². The van der Waals surface area contributed by atoms with Gasteiger partial charge in [0.15, 0.2) is 5.60 Å². The monoisotopic (exact) mass is 345 g/mol. The predicted octanol–water partition coefficient (Wildman–Crippen LogP) is 4.23. The fourth-order valence-corrected chi connectivity index (χ4v) is 2.81. The van der Waals surface area contributed by atoms with Crippen molar-refractivity contribution >= 4 is 23.2 Å². The molecule has 3 rings (SSSR count). The zero-order valence-electron chi connectivity index (χ0n) is 14.0. The number of halogens is 1. The van der Waals surface area contributed by atoms with Gasteiger partial charge in [0.2, 0.25) is 0 Å². The molecule has 0 radical (unpaired) electrons. The first-order chi connectivity index (χ1) is 11.4. The highest BCUT2D eigenvalue weighted by atomic mass is 35.5. The zero-order chi connectivity index (χ0) is 17.3. The zero-order valence-corrected chi connectivity index (χ0v) is 14.8. The van der Waals surface area contributed by atoms with Crippen LogP contribution in [0.1, 0.15) is 19.4 Å². The second kappa shape index (κ2) is 6.36. The van der Waals surface area contributed by atoms with E-state index in [0.29, 0.717) is 18.2 Å². The van der Waals surface area contributed by atoms with Crippen LogP contribution in [0.2, 0.25) is 5.02 Å². The number of hydrogen-bond donors (Lipinski definition) is 0. The summed E-state index contributed by atoms with van der Waals surface area (Å²) in [6.07, 6.45) is 0. The van der Waals surface area contributed by atoms with Gasteiger partial charge in [-0.25, -0.2) is 0 Å². The second-order valence-electron chi connectivity index (χ2n) is 6.34. The molecule has 0 aliphatic carbocycles. The molecule has 0 unspecified atom stereocenters. The van der Waals surface area contributed by atoms with Gasteiger partial charge >= 0.3 is 0 Å². The lowest BCUT2D eigenvalue weighted by Gasteiger charge is -2.38. The van der Waals surface area contributed by atoms with E-state index in [2.05, 4.69) is 0 Å². The molecule has 1 aliphatic rings. The Kier molecular flexibility index (Phi) is 4.41. The first-order valence-corrected chi connectivity index (χ1v) is 8.24. The molecule has 0 fully saturated rings. The Balaban J connectivity index is 1.77. The summed E-state index contributed by atoms with van der Waals surface area (Å²) in [7, 11) is 0. The normalized spacial score (nSPS) is 15.7. The summed E-state index contributed by atoms with van der Waals surface area (Å²) < 4.78 is 11.6. The maximum Gasteiger partial charge on any atom is 0.270 e. The number of rotatable bonds is 4. The Morgan fingerprint density at radius 2 is 1.88 bits per heavy atom. The lowest BCUT2D eigenvalue weighted by Crippen LogP contribution is -2.53. The molecule has 0 saturated heterocycles. The summed E-state index contributed by atoms with van der Waals surface area (Å²) in [6.45, 7) is 6.39. The number of ether oxygens (including phenoxy) is 2. The van der Waals surface area contributed by atoms with Crippen molar-refractivity contribution in [3.63, 3.8) is 0 Å². The van der Waals surface area contributed by atoms with Crippen molar-refractivity contribution in [2.24, 2.45) is 0 Å². The van der Waals surface area contributed by atoms with Gasteiger partial charge in [0.1, 0.15) is 18.1 Å². The van der Waals surface area contributed by atoms with Crippen LogP contribution in [0.3, 0.4) is 0 Å². The van der Waals surface area contributed by atoms with E-state index in [9.17, 15) is 4.79 Å². The van der Waals surface area contributed by atoms with E-state index < -0.39 is 5.60 Å². The van der Waals surface area contributed by atoms with Crippen LogP contribution in [0.5, 0.6) is 11.5 Å². The standard InChI is InChI=1S/C19H20ClNO3/c1-13-4-9-17-16(12-13)21(18(22)19(2,3)24-17)10-11-23-15-7-5-14(20)6-8-15/h4-9,12H,10-11H2,1-3H3. The third-order valence-corrected chi connectivity index (χ3v) is 4.18. The van der Waals surface area contributed by atoms with Gasteiger partial charge in [-0.1, -0.05) is 17.7 Å². The molecular weight excluding hydrogens is 326 g/mol. The van der Waals surface area contributed by atoms with Crippen molar-refractivity contribution in [1.82, 2.24) is 0 Å². The van der Waals surface area contributed by atoms with Crippen LogP contribution >= 0.6 is 11.6 Å². The van der Waals surface area contributed by atoms with Gasteiger partial charge < -0.3 is 14.4 Å². The highest BCUT2D eigenvalue weighted by Gasteiger charge is 2.40. The first-order valence-electron chi connectivity index (χ1n) is 7.87. The summed E-state index contributed by atoms with van der Waals surface area (Å²) in [5.41, 5.74) is 0.982. The smallest absolute Gasteiger partial charge is 0.270 e. The Labute approximate surface area is 146 Å². The van der Waals surface area contributed by atoms with E-state index in [1.807, 2.05) is 37.3 Å². The molecule has 1 amide bonds. The number of hydrogen-bond acceptors (Lipinski definition) is 3. The minimum atomic E-state index is -0.886. The van der Waals surface area contributed by atoms with Gasteiger partial charge in [-0.15, -0.1) is 0 Å². The summed E-state index contributed by atoms with van der Waals surface area (Å²) in [5.74, 6) is 1.38. The fourth-order valence-electron chi connectivity index (χ4n) is 2.69. The average molecular weight is 346 g/mol. The molecule has 2 aromatic rings. The second-order valence-corrected chi connectivity index (χ2v) is 6.78. The molecule has 1 aliphatic heterocycles. The van der Waals surface area contributed by atoms with Gasteiger partial charge in [-0.3, -0.25) is 4.79 Å². The molecule has 0 saturated carbocycles. The highest BCUT2D eigenvalue weighted by Crippen LogP contribution is 2.38. The Bertz CT molecular complexity index is 756. The quantitative estimate of drug-likeness (QED) is 0.832. The van der Waals surface area contributed by atoms with Gasteiger partial charge in [0.25, 0.3) is 5.91 Å². The van der Waals surface area contributed by atoms with Crippen molar-refractivity contribution in [2.75, 3.05) is 18.1 Å². The molecule has 4 nitrogen and oxygen atoms in total.